The highest BCUT2D eigenvalue weighted by Gasteiger charge is 2.25. The molecule has 3 rings (SSSR count). The Hall–Kier alpha value is -2.08. The number of aromatic nitrogens is 1. The molecule has 0 radical (unpaired) electrons. The van der Waals surface area contributed by atoms with E-state index in [9.17, 15) is 5.26 Å². The third-order valence-corrected chi connectivity index (χ3v) is 4.11. The van der Waals surface area contributed by atoms with E-state index in [1.807, 2.05) is 6.07 Å². The highest BCUT2D eigenvalue weighted by atomic mass is 15.2. The second-order valence-electron chi connectivity index (χ2n) is 5.31. The number of anilines is 1. The van der Waals surface area contributed by atoms with Gasteiger partial charge in [-0.1, -0.05) is 12.1 Å². The zero-order valence-electron chi connectivity index (χ0n) is 11.5. The summed E-state index contributed by atoms with van der Waals surface area (Å²) in [5.41, 5.74) is 4.45. The van der Waals surface area contributed by atoms with E-state index in [1.54, 1.807) is 0 Å². The number of nitrogens with one attached hydrogen (secondary N) is 1. The van der Waals surface area contributed by atoms with Crippen molar-refractivity contribution in [2.75, 3.05) is 18.0 Å². The highest BCUT2D eigenvalue weighted by Crippen LogP contribution is 2.25. The maximum Gasteiger partial charge on any atom is 0.293 e. The minimum absolute atomic E-state index is 0.748. The third-order valence-electron chi connectivity index (χ3n) is 4.11. The summed E-state index contributed by atoms with van der Waals surface area (Å²) in [6.45, 7) is 6.34. The number of aryl methyl sites for hydroxylation is 2. The van der Waals surface area contributed by atoms with Crippen LogP contribution in [0.25, 0.3) is 10.9 Å². The molecule has 3 nitrogen and oxygen atoms in total. The average molecular weight is 252 g/mol. The van der Waals surface area contributed by atoms with E-state index in [2.05, 4.69) is 41.9 Å². The number of benzene rings is 1. The van der Waals surface area contributed by atoms with Gasteiger partial charge in [0.05, 0.1) is 13.1 Å². The van der Waals surface area contributed by atoms with Crippen LogP contribution in [0.5, 0.6) is 0 Å². The second kappa shape index (κ2) is 4.55. The molecular weight excluding hydrogens is 234 g/mol. The normalized spacial score (nSPS) is 14.9. The molecule has 0 atom stereocenters. The van der Waals surface area contributed by atoms with Gasteiger partial charge in [-0.05, 0) is 43.9 Å². The lowest BCUT2D eigenvalue weighted by atomic mass is 10.0. The quantitative estimate of drug-likeness (QED) is 0.783. The third kappa shape index (κ3) is 1.94. The van der Waals surface area contributed by atoms with Crippen molar-refractivity contribution < 1.29 is 4.98 Å². The van der Waals surface area contributed by atoms with E-state index in [0.717, 1.165) is 35.4 Å². The van der Waals surface area contributed by atoms with Gasteiger partial charge in [-0.15, -0.1) is 0 Å². The van der Waals surface area contributed by atoms with Crippen molar-refractivity contribution >= 4 is 16.7 Å². The standard InChI is InChI=1S/C16H17N3/c1-11-5-6-13-9-14(10-17)16(18-15(13)12(11)2)19-7-3-4-8-19/h5-6,9H,3-4,7-8H2,1-2H3/p+1. The molecule has 3 heteroatoms. The predicted molar refractivity (Wildman–Crippen MR) is 76.1 cm³/mol. The molecule has 19 heavy (non-hydrogen) atoms. The fraction of sp³-hybridized carbons (Fsp3) is 0.375. The Kier molecular flexibility index (Phi) is 2.87. The number of hydrogen-bond donors (Lipinski definition) is 0. The summed E-state index contributed by atoms with van der Waals surface area (Å²) in [5, 5.41) is 10.5. The second-order valence-corrected chi connectivity index (χ2v) is 5.31. The number of hydrogen-bond acceptors (Lipinski definition) is 2. The van der Waals surface area contributed by atoms with Gasteiger partial charge >= 0.3 is 0 Å². The number of pyridine rings is 1. The lowest BCUT2D eigenvalue weighted by Gasteiger charge is -2.12. The molecule has 0 saturated carbocycles. The molecule has 1 aliphatic heterocycles. The fourth-order valence-electron chi connectivity index (χ4n) is 2.81. The molecule has 1 fully saturated rings. The summed E-state index contributed by atoms with van der Waals surface area (Å²) in [4.78, 5) is 5.79. The van der Waals surface area contributed by atoms with Crippen LogP contribution in [-0.2, 0) is 0 Å². The van der Waals surface area contributed by atoms with Gasteiger partial charge in [0.15, 0.2) is 0 Å². The van der Waals surface area contributed by atoms with Gasteiger partial charge in [0.2, 0.25) is 0 Å². The lowest BCUT2D eigenvalue weighted by molar-refractivity contribution is -0.331. The van der Waals surface area contributed by atoms with Crippen LogP contribution in [-0.4, -0.2) is 13.1 Å². The SMILES string of the molecule is Cc1ccc2cc(C#N)c(N3CCCC3)[nH+]c2c1C. The van der Waals surface area contributed by atoms with E-state index >= 15 is 0 Å². The maximum atomic E-state index is 9.37. The van der Waals surface area contributed by atoms with Gasteiger partial charge in [0, 0.05) is 5.39 Å². The number of nitriles is 1. The van der Waals surface area contributed by atoms with E-state index in [0.29, 0.717) is 0 Å². The largest absolute Gasteiger partial charge is 0.293 e. The molecule has 0 amide bonds. The van der Waals surface area contributed by atoms with Crippen molar-refractivity contribution in [2.24, 2.45) is 0 Å². The number of rotatable bonds is 1. The zero-order chi connectivity index (χ0) is 13.4. The molecule has 2 aromatic rings. The van der Waals surface area contributed by atoms with Crippen molar-refractivity contribution in [3.05, 3.63) is 34.9 Å². The molecule has 2 heterocycles. The van der Waals surface area contributed by atoms with Crippen LogP contribution in [0.2, 0.25) is 0 Å². The monoisotopic (exact) mass is 252 g/mol. The van der Waals surface area contributed by atoms with Crippen LogP contribution in [0.3, 0.4) is 0 Å². The van der Waals surface area contributed by atoms with Crippen LogP contribution in [0.15, 0.2) is 18.2 Å². The van der Waals surface area contributed by atoms with Crippen molar-refractivity contribution in [1.82, 2.24) is 0 Å². The van der Waals surface area contributed by atoms with Crippen molar-refractivity contribution in [1.29, 1.82) is 5.26 Å². The number of H-pyrrole nitrogens is 1. The summed E-state index contributed by atoms with van der Waals surface area (Å²) >= 11 is 0. The first-order valence-electron chi connectivity index (χ1n) is 6.82. The Labute approximate surface area is 113 Å². The molecule has 1 aromatic heterocycles. The molecule has 1 saturated heterocycles. The van der Waals surface area contributed by atoms with Gasteiger partial charge in [0.1, 0.15) is 17.1 Å². The molecule has 1 aromatic carbocycles. The van der Waals surface area contributed by atoms with Crippen LogP contribution in [0, 0.1) is 25.2 Å². The molecule has 96 valence electrons. The van der Waals surface area contributed by atoms with Gasteiger partial charge in [0.25, 0.3) is 5.82 Å². The van der Waals surface area contributed by atoms with E-state index in [-0.39, 0.29) is 0 Å². The summed E-state index contributed by atoms with van der Waals surface area (Å²) in [6.07, 6.45) is 2.42. The summed E-state index contributed by atoms with van der Waals surface area (Å²) in [5.74, 6) is 0.987. The van der Waals surface area contributed by atoms with Crippen molar-refractivity contribution in [2.45, 2.75) is 26.7 Å². The van der Waals surface area contributed by atoms with E-state index < -0.39 is 0 Å². The molecule has 0 unspecified atom stereocenters. The molecule has 1 N–H and O–H groups in total. The fourth-order valence-corrected chi connectivity index (χ4v) is 2.81. The first-order chi connectivity index (χ1) is 9.20. The van der Waals surface area contributed by atoms with Crippen LogP contribution < -0.4 is 9.88 Å². The Balaban J connectivity index is 2.25. The highest BCUT2D eigenvalue weighted by molar-refractivity contribution is 5.82. The maximum absolute atomic E-state index is 9.37. The van der Waals surface area contributed by atoms with Crippen LogP contribution in [0.1, 0.15) is 29.5 Å². The van der Waals surface area contributed by atoms with Crippen LogP contribution >= 0.6 is 0 Å². The number of fused-ring (bicyclic) bond motifs is 1. The van der Waals surface area contributed by atoms with Crippen LogP contribution in [0.4, 0.5) is 5.82 Å². The zero-order valence-corrected chi connectivity index (χ0v) is 11.5. The van der Waals surface area contributed by atoms with Gasteiger partial charge in [-0.2, -0.15) is 5.26 Å². The predicted octanol–water partition coefficient (Wildman–Crippen LogP) is 2.74. The van der Waals surface area contributed by atoms with Crippen molar-refractivity contribution in [3.63, 3.8) is 0 Å². The van der Waals surface area contributed by atoms with E-state index in [4.69, 9.17) is 0 Å². The molecule has 0 spiro atoms. The molecule has 1 aliphatic rings. The van der Waals surface area contributed by atoms with Gasteiger partial charge in [-0.25, -0.2) is 4.98 Å². The Bertz CT molecular complexity index is 676. The summed E-state index contributed by atoms with van der Waals surface area (Å²) < 4.78 is 0. The Morgan fingerprint density at radius 1 is 1.21 bits per heavy atom. The smallest absolute Gasteiger partial charge is 0.261 e. The van der Waals surface area contributed by atoms with Gasteiger partial charge < -0.3 is 0 Å². The average Bonchev–Trinajstić information content (AvgIpc) is 2.96. The Morgan fingerprint density at radius 2 is 1.95 bits per heavy atom. The molecular formula is C16H18N3+. The van der Waals surface area contributed by atoms with E-state index in [1.165, 1.54) is 24.0 Å². The molecule has 0 aliphatic carbocycles. The lowest BCUT2D eigenvalue weighted by Crippen LogP contribution is -2.27. The summed E-state index contributed by atoms with van der Waals surface area (Å²) in [6, 6.07) is 8.53. The minimum atomic E-state index is 0.748. The van der Waals surface area contributed by atoms with Gasteiger partial charge in [-0.3, -0.25) is 4.90 Å². The first kappa shape index (κ1) is 12.0. The molecule has 0 bridgehead atoms. The minimum Gasteiger partial charge on any atom is -0.261 e. The van der Waals surface area contributed by atoms with Crippen molar-refractivity contribution in [3.8, 4) is 6.07 Å². The first-order valence-corrected chi connectivity index (χ1v) is 6.82. The summed E-state index contributed by atoms with van der Waals surface area (Å²) in [7, 11) is 0. The topological polar surface area (TPSA) is 41.2 Å². The number of aromatic amines is 1. The Morgan fingerprint density at radius 3 is 2.63 bits per heavy atom. The number of nitrogens with zero attached hydrogens (tertiary/aromatic N) is 2.